The van der Waals surface area contributed by atoms with Crippen LogP contribution in [-0.4, -0.2) is 9.97 Å². The Hall–Kier alpha value is -2.18. The van der Waals surface area contributed by atoms with Crippen molar-refractivity contribution in [2.75, 3.05) is 0 Å². The number of ether oxygens (including phenoxy) is 1. The second kappa shape index (κ2) is 8.67. The summed E-state index contributed by atoms with van der Waals surface area (Å²) in [6.45, 7) is 3.99. The van der Waals surface area contributed by atoms with Crippen molar-refractivity contribution < 1.29 is 13.5 Å². The Morgan fingerprint density at radius 3 is 2.59 bits per heavy atom. The fourth-order valence-corrected chi connectivity index (χ4v) is 3.29. The molecule has 0 saturated heterocycles. The van der Waals surface area contributed by atoms with Crippen LogP contribution in [0, 0.1) is 11.6 Å². The highest BCUT2D eigenvalue weighted by Gasteiger charge is 2.13. The molecule has 0 amide bonds. The van der Waals surface area contributed by atoms with Crippen molar-refractivity contribution >= 4 is 23.4 Å². The molecule has 140 valence electrons. The van der Waals surface area contributed by atoms with E-state index in [9.17, 15) is 8.78 Å². The predicted octanol–water partition coefficient (Wildman–Crippen LogP) is 6.62. The largest absolute Gasteiger partial charge is 0.436 e. The van der Waals surface area contributed by atoms with Gasteiger partial charge in [-0.05, 0) is 35.7 Å². The van der Waals surface area contributed by atoms with Gasteiger partial charge >= 0.3 is 0 Å². The van der Waals surface area contributed by atoms with Crippen LogP contribution in [0.5, 0.6) is 11.6 Å². The van der Waals surface area contributed by atoms with Crippen molar-refractivity contribution in [3.05, 3.63) is 76.4 Å². The third-order valence-electron chi connectivity index (χ3n) is 3.66. The summed E-state index contributed by atoms with van der Waals surface area (Å²) in [4.78, 5) is 8.88. The molecule has 0 aliphatic rings. The fourth-order valence-electron chi connectivity index (χ4n) is 2.28. The molecule has 7 heteroatoms. The highest BCUT2D eigenvalue weighted by atomic mass is 35.5. The number of hydrogen-bond donors (Lipinski definition) is 0. The van der Waals surface area contributed by atoms with Crippen molar-refractivity contribution in [2.24, 2.45) is 0 Å². The van der Waals surface area contributed by atoms with Crippen molar-refractivity contribution in [1.29, 1.82) is 0 Å². The van der Waals surface area contributed by atoms with Crippen molar-refractivity contribution in [2.45, 2.75) is 30.7 Å². The highest BCUT2D eigenvalue weighted by molar-refractivity contribution is 7.98. The molecule has 3 aromatic rings. The molecule has 0 atom stereocenters. The minimum atomic E-state index is -0.784. The van der Waals surface area contributed by atoms with Gasteiger partial charge in [0, 0.05) is 22.9 Å². The number of rotatable bonds is 6. The van der Waals surface area contributed by atoms with Crippen molar-refractivity contribution in [1.82, 2.24) is 9.97 Å². The first-order chi connectivity index (χ1) is 12.9. The number of hydrogen-bond acceptors (Lipinski definition) is 4. The van der Waals surface area contributed by atoms with E-state index in [1.807, 2.05) is 38.1 Å². The van der Waals surface area contributed by atoms with E-state index >= 15 is 0 Å². The van der Waals surface area contributed by atoms with E-state index in [2.05, 4.69) is 9.97 Å². The average molecular weight is 407 g/mol. The van der Waals surface area contributed by atoms with E-state index in [4.69, 9.17) is 16.3 Å². The van der Waals surface area contributed by atoms with Gasteiger partial charge in [0.15, 0.2) is 16.7 Å². The third kappa shape index (κ3) is 5.40. The lowest BCUT2D eigenvalue weighted by Crippen LogP contribution is -2.00. The molecular formula is C20H17ClF2N2OS. The summed E-state index contributed by atoms with van der Waals surface area (Å²) in [5.74, 6) is -0.551. The van der Waals surface area contributed by atoms with Gasteiger partial charge in [0.2, 0.25) is 5.88 Å². The SMILES string of the molecule is CC(C)c1cc(Oc2ccc(F)cc2F)nc(SCc2cccc(Cl)c2)n1. The zero-order valence-corrected chi connectivity index (χ0v) is 16.3. The zero-order chi connectivity index (χ0) is 19.4. The zero-order valence-electron chi connectivity index (χ0n) is 14.7. The van der Waals surface area contributed by atoms with Gasteiger partial charge < -0.3 is 4.74 Å². The van der Waals surface area contributed by atoms with Crippen LogP contribution in [0.2, 0.25) is 5.02 Å². The Kier molecular flexibility index (Phi) is 6.29. The smallest absolute Gasteiger partial charge is 0.223 e. The average Bonchev–Trinajstić information content (AvgIpc) is 2.62. The second-order valence-corrected chi connectivity index (χ2v) is 7.54. The molecule has 1 heterocycles. The Bertz CT molecular complexity index is 953. The molecule has 0 fully saturated rings. The number of nitrogens with zero attached hydrogens (tertiary/aromatic N) is 2. The maximum atomic E-state index is 13.9. The lowest BCUT2D eigenvalue weighted by Gasteiger charge is -2.11. The first-order valence-electron chi connectivity index (χ1n) is 8.30. The van der Waals surface area contributed by atoms with E-state index < -0.39 is 11.6 Å². The molecule has 0 aliphatic heterocycles. The first kappa shape index (κ1) is 19.6. The predicted molar refractivity (Wildman–Crippen MR) is 104 cm³/mol. The monoisotopic (exact) mass is 406 g/mol. The molecule has 3 rings (SSSR count). The molecule has 0 unspecified atom stereocenters. The van der Waals surface area contributed by atoms with Crippen LogP contribution in [0.25, 0.3) is 0 Å². The fraction of sp³-hybridized carbons (Fsp3) is 0.200. The molecule has 1 aromatic heterocycles. The number of halogens is 3. The van der Waals surface area contributed by atoms with Gasteiger partial charge in [-0.1, -0.05) is 49.3 Å². The van der Waals surface area contributed by atoms with Crippen LogP contribution >= 0.6 is 23.4 Å². The van der Waals surface area contributed by atoms with Gasteiger partial charge in [-0.25, -0.2) is 13.8 Å². The van der Waals surface area contributed by atoms with E-state index in [0.717, 1.165) is 23.4 Å². The molecule has 0 saturated carbocycles. The van der Waals surface area contributed by atoms with Crippen LogP contribution in [0.3, 0.4) is 0 Å². The van der Waals surface area contributed by atoms with Gasteiger partial charge in [0.1, 0.15) is 5.82 Å². The summed E-state index contributed by atoms with van der Waals surface area (Å²) in [5.41, 5.74) is 1.81. The third-order valence-corrected chi connectivity index (χ3v) is 4.81. The Morgan fingerprint density at radius 1 is 1.07 bits per heavy atom. The van der Waals surface area contributed by atoms with Crippen molar-refractivity contribution in [3.8, 4) is 11.6 Å². The molecule has 0 bridgehead atoms. The Morgan fingerprint density at radius 2 is 1.89 bits per heavy atom. The summed E-state index contributed by atoms with van der Waals surface area (Å²) in [7, 11) is 0. The van der Waals surface area contributed by atoms with Gasteiger partial charge in [-0.15, -0.1) is 0 Å². The molecule has 0 N–H and O–H groups in total. The molecular weight excluding hydrogens is 390 g/mol. The lowest BCUT2D eigenvalue weighted by atomic mass is 10.1. The Balaban J connectivity index is 1.83. The molecule has 0 spiro atoms. The van der Waals surface area contributed by atoms with Crippen LogP contribution < -0.4 is 4.74 Å². The van der Waals surface area contributed by atoms with Gasteiger partial charge in [-0.3, -0.25) is 0 Å². The summed E-state index contributed by atoms with van der Waals surface area (Å²) in [5, 5.41) is 1.18. The summed E-state index contributed by atoms with van der Waals surface area (Å²) in [6.07, 6.45) is 0. The molecule has 0 radical (unpaired) electrons. The molecule has 3 nitrogen and oxygen atoms in total. The topological polar surface area (TPSA) is 35.0 Å². The minimum absolute atomic E-state index is 0.0874. The summed E-state index contributed by atoms with van der Waals surface area (Å²) in [6, 6.07) is 12.4. The molecule has 27 heavy (non-hydrogen) atoms. The summed E-state index contributed by atoms with van der Waals surface area (Å²) < 4.78 is 32.5. The first-order valence-corrected chi connectivity index (χ1v) is 9.66. The number of thioether (sulfide) groups is 1. The number of benzene rings is 2. The second-order valence-electron chi connectivity index (χ2n) is 6.16. The quantitative estimate of drug-likeness (QED) is 0.340. The maximum absolute atomic E-state index is 13.9. The van der Waals surface area contributed by atoms with Gasteiger partial charge in [-0.2, -0.15) is 4.98 Å². The van der Waals surface area contributed by atoms with Crippen LogP contribution in [-0.2, 0) is 5.75 Å². The normalized spacial score (nSPS) is 11.0. The van der Waals surface area contributed by atoms with E-state index in [0.29, 0.717) is 15.9 Å². The van der Waals surface area contributed by atoms with E-state index in [-0.39, 0.29) is 17.5 Å². The van der Waals surface area contributed by atoms with Gasteiger partial charge in [0.25, 0.3) is 0 Å². The van der Waals surface area contributed by atoms with Gasteiger partial charge in [0.05, 0.1) is 5.69 Å². The maximum Gasteiger partial charge on any atom is 0.223 e. The minimum Gasteiger partial charge on any atom is -0.436 e. The van der Waals surface area contributed by atoms with E-state index in [1.54, 1.807) is 6.07 Å². The Labute approximate surface area is 165 Å². The summed E-state index contributed by atoms with van der Waals surface area (Å²) >= 11 is 7.44. The van der Waals surface area contributed by atoms with Crippen LogP contribution in [0.4, 0.5) is 8.78 Å². The van der Waals surface area contributed by atoms with Crippen molar-refractivity contribution in [3.63, 3.8) is 0 Å². The lowest BCUT2D eigenvalue weighted by molar-refractivity contribution is 0.417. The standard InChI is InChI=1S/C20H17ClF2N2OS/c1-12(2)17-10-19(26-18-7-6-15(22)9-16(18)23)25-20(24-17)27-11-13-4-3-5-14(21)8-13/h3-10,12H,11H2,1-2H3. The highest BCUT2D eigenvalue weighted by Crippen LogP contribution is 2.29. The number of aromatic nitrogens is 2. The molecule has 0 aliphatic carbocycles. The van der Waals surface area contributed by atoms with Crippen LogP contribution in [0.1, 0.15) is 31.0 Å². The van der Waals surface area contributed by atoms with Crippen LogP contribution in [0.15, 0.2) is 53.7 Å². The van der Waals surface area contributed by atoms with E-state index in [1.165, 1.54) is 17.8 Å². The molecule has 2 aromatic carbocycles.